The zero-order chi connectivity index (χ0) is 20.1. The predicted octanol–water partition coefficient (Wildman–Crippen LogP) is 2.96. The second kappa shape index (κ2) is 9.11. The van der Waals surface area contributed by atoms with Gasteiger partial charge in [0.15, 0.2) is 0 Å². The first-order valence-corrected chi connectivity index (χ1v) is 9.92. The van der Waals surface area contributed by atoms with Gasteiger partial charge in [0.1, 0.15) is 0 Å². The summed E-state index contributed by atoms with van der Waals surface area (Å²) in [5, 5.41) is 3.36. The van der Waals surface area contributed by atoms with Crippen LogP contribution in [0.15, 0.2) is 42.5 Å². The Bertz CT molecular complexity index is 843. The van der Waals surface area contributed by atoms with Crippen LogP contribution >= 0.6 is 11.6 Å². The highest BCUT2D eigenvalue weighted by atomic mass is 35.5. The molecule has 1 saturated heterocycles. The maximum atomic E-state index is 12.4. The van der Waals surface area contributed by atoms with Crippen molar-refractivity contribution in [2.24, 2.45) is 0 Å². The van der Waals surface area contributed by atoms with Crippen molar-refractivity contribution in [3.05, 3.63) is 64.2 Å². The molecular formula is C22H26ClN3O2. The maximum Gasteiger partial charge on any atom is 0.242 e. The van der Waals surface area contributed by atoms with E-state index in [2.05, 4.69) is 42.3 Å². The Balaban J connectivity index is 1.45. The number of benzene rings is 2. The highest BCUT2D eigenvalue weighted by Crippen LogP contribution is 2.23. The van der Waals surface area contributed by atoms with Crippen molar-refractivity contribution in [3.63, 3.8) is 0 Å². The monoisotopic (exact) mass is 399 g/mol. The number of nitrogens with zero attached hydrogens (tertiary/aromatic N) is 2. The summed E-state index contributed by atoms with van der Waals surface area (Å²) in [4.78, 5) is 28.7. The third-order valence-electron chi connectivity index (χ3n) is 5.26. The van der Waals surface area contributed by atoms with E-state index < -0.39 is 0 Å². The molecule has 0 saturated carbocycles. The van der Waals surface area contributed by atoms with E-state index in [1.165, 1.54) is 16.8 Å². The molecule has 1 aliphatic heterocycles. The predicted molar refractivity (Wildman–Crippen MR) is 113 cm³/mol. The lowest BCUT2D eigenvalue weighted by Gasteiger charge is -2.37. The lowest BCUT2D eigenvalue weighted by Crippen LogP contribution is -2.51. The van der Waals surface area contributed by atoms with Crippen molar-refractivity contribution in [2.75, 3.05) is 37.6 Å². The molecule has 0 radical (unpaired) electrons. The Morgan fingerprint density at radius 1 is 1.00 bits per heavy atom. The number of carbonyl (C=O) groups excluding carboxylic acids is 2. The molecule has 1 heterocycles. The highest BCUT2D eigenvalue weighted by Gasteiger charge is 2.22. The lowest BCUT2D eigenvalue weighted by atomic mass is 10.1. The standard InChI is InChI=1S/C22H26ClN3O2/c1-16-4-3-5-20(17(16)2)25-10-12-26(13-11-25)22(28)15-24-21(27)14-18-6-8-19(23)9-7-18/h3-9H,10-15H2,1-2H3,(H,24,27). The van der Waals surface area contributed by atoms with Crippen LogP contribution in [0.5, 0.6) is 0 Å². The van der Waals surface area contributed by atoms with E-state index in [-0.39, 0.29) is 24.8 Å². The third-order valence-corrected chi connectivity index (χ3v) is 5.52. The van der Waals surface area contributed by atoms with Crippen LogP contribution in [0.25, 0.3) is 0 Å². The second-order valence-electron chi connectivity index (χ2n) is 7.17. The summed E-state index contributed by atoms with van der Waals surface area (Å²) in [6, 6.07) is 13.5. The molecule has 0 unspecified atom stereocenters. The smallest absolute Gasteiger partial charge is 0.242 e. The van der Waals surface area contributed by atoms with Gasteiger partial charge in [-0.25, -0.2) is 0 Å². The van der Waals surface area contributed by atoms with Gasteiger partial charge in [-0.3, -0.25) is 9.59 Å². The number of carbonyl (C=O) groups is 2. The summed E-state index contributed by atoms with van der Waals surface area (Å²) in [5.41, 5.74) is 4.68. The van der Waals surface area contributed by atoms with Crippen molar-refractivity contribution in [1.29, 1.82) is 0 Å². The van der Waals surface area contributed by atoms with Crippen molar-refractivity contribution in [2.45, 2.75) is 20.3 Å². The van der Waals surface area contributed by atoms with Gasteiger partial charge >= 0.3 is 0 Å². The first kappa shape index (κ1) is 20.2. The van der Waals surface area contributed by atoms with Gasteiger partial charge < -0.3 is 15.1 Å². The van der Waals surface area contributed by atoms with E-state index in [0.717, 1.165) is 18.7 Å². The van der Waals surface area contributed by atoms with Crippen LogP contribution < -0.4 is 10.2 Å². The third kappa shape index (κ3) is 5.04. The molecule has 2 amide bonds. The quantitative estimate of drug-likeness (QED) is 0.841. The van der Waals surface area contributed by atoms with Gasteiger partial charge in [0.25, 0.3) is 0 Å². The average Bonchev–Trinajstić information content (AvgIpc) is 2.70. The Morgan fingerprint density at radius 3 is 2.36 bits per heavy atom. The molecule has 28 heavy (non-hydrogen) atoms. The van der Waals surface area contributed by atoms with Crippen LogP contribution in [0.3, 0.4) is 0 Å². The van der Waals surface area contributed by atoms with Gasteiger partial charge in [-0.05, 0) is 48.7 Å². The van der Waals surface area contributed by atoms with Crippen LogP contribution in [0, 0.1) is 13.8 Å². The number of amides is 2. The molecule has 2 aromatic carbocycles. The molecule has 6 heteroatoms. The molecule has 0 atom stereocenters. The molecule has 0 bridgehead atoms. The average molecular weight is 400 g/mol. The lowest BCUT2D eigenvalue weighted by molar-refractivity contribution is -0.133. The molecule has 3 rings (SSSR count). The largest absolute Gasteiger partial charge is 0.368 e. The van der Waals surface area contributed by atoms with Crippen LogP contribution in [-0.4, -0.2) is 49.4 Å². The van der Waals surface area contributed by atoms with Crippen LogP contribution in [-0.2, 0) is 16.0 Å². The van der Waals surface area contributed by atoms with Crippen molar-refractivity contribution in [1.82, 2.24) is 10.2 Å². The first-order chi connectivity index (χ1) is 13.4. The van der Waals surface area contributed by atoms with Gasteiger partial charge in [0.05, 0.1) is 13.0 Å². The fraction of sp³-hybridized carbons (Fsp3) is 0.364. The number of hydrogen-bond acceptors (Lipinski definition) is 3. The molecule has 0 aliphatic carbocycles. The Hall–Kier alpha value is -2.53. The normalized spacial score (nSPS) is 14.1. The van der Waals surface area contributed by atoms with E-state index in [1.54, 1.807) is 12.1 Å². The molecule has 1 fully saturated rings. The maximum absolute atomic E-state index is 12.4. The SMILES string of the molecule is Cc1cccc(N2CCN(C(=O)CNC(=O)Cc3ccc(Cl)cc3)CC2)c1C. The number of aryl methyl sites for hydroxylation is 1. The number of anilines is 1. The topological polar surface area (TPSA) is 52.6 Å². The van der Waals surface area contributed by atoms with E-state index in [1.807, 2.05) is 17.0 Å². The van der Waals surface area contributed by atoms with E-state index in [0.29, 0.717) is 18.1 Å². The summed E-state index contributed by atoms with van der Waals surface area (Å²) < 4.78 is 0. The van der Waals surface area contributed by atoms with Crippen molar-refractivity contribution >= 4 is 29.1 Å². The Morgan fingerprint density at radius 2 is 1.68 bits per heavy atom. The number of piperazine rings is 1. The molecular weight excluding hydrogens is 374 g/mol. The molecule has 0 spiro atoms. The molecule has 148 valence electrons. The zero-order valence-electron chi connectivity index (χ0n) is 16.4. The zero-order valence-corrected chi connectivity index (χ0v) is 17.1. The van der Waals surface area contributed by atoms with Gasteiger partial charge in [0.2, 0.25) is 11.8 Å². The molecule has 1 N–H and O–H groups in total. The summed E-state index contributed by atoms with van der Waals surface area (Å²) in [5.74, 6) is -0.199. The summed E-state index contributed by atoms with van der Waals surface area (Å²) in [6.45, 7) is 7.22. The summed E-state index contributed by atoms with van der Waals surface area (Å²) >= 11 is 5.85. The van der Waals surface area contributed by atoms with E-state index in [4.69, 9.17) is 11.6 Å². The van der Waals surface area contributed by atoms with E-state index in [9.17, 15) is 9.59 Å². The molecule has 1 aliphatic rings. The van der Waals surface area contributed by atoms with Crippen molar-refractivity contribution < 1.29 is 9.59 Å². The number of halogens is 1. The Labute approximate surface area is 171 Å². The van der Waals surface area contributed by atoms with Crippen LogP contribution in [0.2, 0.25) is 5.02 Å². The molecule has 2 aromatic rings. The van der Waals surface area contributed by atoms with Crippen LogP contribution in [0.1, 0.15) is 16.7 Å². The minimum Gasteiger partial charge on any atom is -0.368 e. The minimum absolute atomic E-state index is 0.0370. The number of rotatable bonds is 5. The molecule has 5 nitrogen and oxygen atoms in total. The second-order valence-corrected chi connectivity index (χ2v) is 7.60. The van der Waals surface area contributed by atoms with Crippen molar-refractivity contribution in [3.8, 4) is 0 Å². The van der Waals surface area contributed by atoms with Gasteiger partial charge in [0, 0.05) is 36.9 Å². The minimum atomic E-state index is -0.162. The van der Waals surface area contributed by atoms with Crippen LogP contribution in [0.4, 0.5) is 5.69 Å². The van der Waals surface area contributed by atoms with Gasteiger partial charge in [-0.15, -0.1) is 0 Å². The molecule has 0 aromatic heterocycles. The summed E-state index contributed by atoms with van der Waals surface area (Å²) in [6.07, 6.45) is 0.241. The van der Waals surface area contributed by atoms with Gasteiger partial charge in [-0.2, -0.15) is 0 Å². The van der Waals surface area contributed by atoms with Gasteiger partial charge in [-0.1, -0.05) is 35.9 Å². The fourth-order valence-corrected chi connectivity index (χ4v) is 3.54. The van der Waals surface area contributed by atoms with E-state index >= 15 is 0 Å². The highest BCUT2D eigenvalue weighted by molar-refractivity contribution is 6.30. The fourth-order valence-electron chi connectivity index (χ4n) is 3.41. The summed E-state index contributed by atoms with van der Waals surface area (Å²) in [7, 11) is 0. The first-order valence-electron chi connectivity index (χ1n) is 9.54. The Kier molecular flexibility index (Phi) is 6.57. The number of hydrogen-bond donors (Lipinski definition) is 1. The number of nitrogens with one attached hydrogen (secondary N) is 1.